The van der Waals surface area contributed by atoms with E-state index < -0.39 is 0 Å². The van der Waals surface area contributed by atoms with Gasteiger partial charge in [0, 0.05) is 20.1 Å². The third-order valence-electron chi connectivity index (χ3n) is 0.851. The summed E-state index contributed by atoms with van der Waals surface area (Å²) < 4.78 is 9.17. The Hall–Kier alpha value is -0.791. The molecule has 0 aromatic carbocycles. The second-order valence-corrected chi connectivity index (χ2v) is 1.59. The maximum atomic E-state index is 4.58. The largest absolute Gasteiger partial charge is 0.473 e. The molecule has 0 spiro atoms. The Morgan fingerprint density at radius 1 is 0.545 bits per heavy atom. The molecular weight excluding hydrogens is 320 g/mol. The van der Waals surface area contributed by atoms with Crippen LogP contribution in [0.15, 0.2) is 58.2 Å². The van der Waals surface area contributed by atoms with Crippen LogP contribution >= 0.6 is 0 Å². The fraction of sp³-hybridized carbons (Fsp3) is 0. The van der Waals surface area contributed by atoms with Crippen molar-refractivity contribution < 1.29 is 28.9 Å². The van der Waals surface area contributed by atoms with Crippen molar-refractivity contribution in [1.82, 2.24) is 0 Å². The summed E-state index contributed by atoms with van der Waals surface area (Å²) in [5.41, 5.74) is 0. The minimum absolute atomic E-state index is 0. The van der Waals surface area contributed by atoms with Crippen LogP contribution in [0.4, 0.5) is 0 Å². The molecule has 0 saturated carbocycles. The fourth-order valence-corrected chi connectivity index (χ4v) is 0.454. The molecule has 0 saturated heterocycles. The molecular formula is C8H8IrO2. The monoisotopic (exact) mass is 329 g/mol. The number of hydrogen-bond acceptors (Lipinski definition) is 2. The van der Waals surface area contributed by atoms with Crippen molar-refractivity contribution in [2.24, 2.45) is 0 Å². The van der Waals surface area contributed by atoms with E-state index in [1.165, 1.54) is 0 Å². The molecule has 2 nitrogen and oxygen atoms in total. The van der Waals surface area contributed by atoms with Crippen LogP contribution in [0.2, 0.25) is 0 Å². The molecule has 0 fully saturated rings. The molecule has 0 aliphatic heterocycles. The van der Waals surface area contributed by atoms with Gasteiger partial charge in [0.15, 0.2) is 0 Å². The molecule has 0 unspecified atom stereocenters. The van der Waals surface area contributed by atoms with Crippen molar-refractivity contribution in [1.29, 1.82) is 0 Å². The van der Waals surface area contributed by atoms with E-state index in [0.29, 0.717) is 0 Å². The molecule has 2 aromatic rings. The average Bonchev–Trinajstić information content (AvgIpc) is 2.67. The summed E-state index contributed by atoms with van der Waals surface area (Å²) in [6, 6.07) is 7.33. The van der Waals surface area contributed by atoms with Crippen LogP contribution in [-0.4, -0.2) is 0 Å². The Kier molecular flexibility index (Phi) is 6.79. The Bertz CT molecular complexity index is 151. The Morgan fingerprint density at radius 2 is 0.818 bits per heavy atom. The van der Waals surface area contributed by atoms with Crippen LogP contribution in [0.25, 0.3) is 0 Å². The zero-order valence-electron chi connectivity index (χ0n) is 5.77. The predicted octanol–water partition coefficient (Wildman–Crippen LogP) is 2.56. The van der Waals surface area contributed by atoms with E-state index in [4.69, 9.17) is 0 Å². The van der Waals surface area contributed by atoms with Gasteiger partial charge >= 0.3 is 0 Å². The molecule has 61 valence electrons. The van der Waals surface area contributed by atoms with Gasteiger partial charge in [0.1, 0.15) is 0 Å². The predicted molar refractivity (Wildman–Crippen MR) is 37.4 cm³/mol. The Balaban J connectivity index is 0.000000167. The van der Waals surface area contributed by atoms with Crippen molar-refractivity contribution >= 4 is 0 Å². The van der Waals surface area contributed by atoms with Gasteiger partial charge in [-0.1, -0.05) is 0 Å². The first kappa shape index (κ1) is 10.2. The third-order valence-corrected chi connectivity index (χ3v) is 0.851. The fourth-order valence-electron chi connectivity index (χ4n) is 0.454. The zero-order valence-corrected chi connectivity index (χ0v) is 8.16. The van der Waals surface area contributed by atoms with Crippen LogP contribution in [0.5, 0.6) is 0 Å². The van der Waals surface area contributed by atoms with E-state index in [-0.39, 0.29) is 20.1 Å². The van der Waals surface area contributed by atoms with E-state index >= 15 is 0 Å². The third kappa shape index (κ3) is 5.64. The van der Waals surface area contributed by atoms with E-state index in [1.807, 2.05) is 24.3 Å². The van der Waals surface area contributed by atoms with Crippen LogP contribution in [0.3, 0.4) is 0 Å². The first-order valence-corrected chi connectivity index (χ1v) is 2.94. The molecule has 0 atom stereocenters. The summed E-state index contributed by atoms with van der Waals surface area (Å²) in [7, 11) is 0. The summed E-state index contributed by atoms with van der Waals surface area (Å²) in [5, 5.41) is 0. The Morgan fingerprint density at radius 3 is 0.909 bits per heavy atom. The molecule has 2 rings (SSSR count). The van der Waals surface area contributed by atoms with Gasteiger partial charge in [-0.25, -0.2) is 0 Å². The minimum Gasteiger partial charge on any atom is -0.473 e. The second kappa shape index (κ2) is 7.32. The quantitative estimate of drug-likeness (QED) is 0.743. The van der Waals surface area contributed by atoms with Crippen molar-refractivity contribution in [3.8, 4) is 0 Å². The normalized spacial score (nSPS) is 7.27. The summed E-state index contributed by atoms with van der Waals surface area (Å²) in [6.45, 7) is 0. The van der Waals surface area contributed by atoms with E-state index in [1.54, 1.807) is 25.1 Å². The van der Waals surface area contributed by atoms with Gasteiger partial charge in [-0.15, -0.1) is 0 Å². The van der Waals surface area contributed by atoms with E-state index in [2.05, 4.69) is 8.83 Å². The molecule has 0 N–H and O–H groups in total. The number of furan rings is 2. The average molecular weight is 328 g/mol. The van der Waals surface area contributed by atoms with Gasteiger partial charge in [0.2, 0.25) is 0 Å². The SMILES string of the molecule is [Ir].c1ccoc1.c1ccoc1. The molecule has 11 heavy (non-hydrogen) atoms. The molecule has 2 heterocycles. The van der Waals surface area contributed by atoms with Crippen LogP contribution in [0.1, 0.15) is 0 Å². The van der Waals surface area contributed by atoms with Gasteiger partial charge in [0.05, 0.1) is 25.1 Å². The van der Waals surface area contributed by atoms with Gasteiger partial charge in [-0.3, -0.25) is 0 Å². The Labute approximate surface area is 78.6 Å². The first-order valence-electron chi connectivity index (χ1n) is 2.94. The van der Waals surface area contributed by atoms with Gasteiger partial charge < -0.3 is 8.83 Å². The van der Waals surface area contributed by atoms with E-state index in [9.17, 15) is 0 Å². The van der Waals surface area contributed by atoms with Crippen LogP contribution in [0, 0.1) is 0 Å². The number of hydrogen-bond donors (Lipinski definition) is 0. The molecule has 1 radical (unpaired) electrons. The van der Waals surface area contributed by atoms with Crippen LogP contribution < -0.4 is 0 Å². The van der Waals surface area contributed by atoms with Gasteiger partial charge in [0.25, 0.3) is 0 Å². The maximum absolute atomic E-state index is 4.58. The molecule has 2 aromatic heterocycles. The first-order chi connectivity index (χ1) is 5.00. The topological polar surface area (TPSA) is 26.3 Å². The van der Waals surface area contributed by atoms with Crippen LogP contribution in [-0.2, 0) is 20.1 Å². The standard InChI is InChI=1S/2C4H4O.Ir/c2*1-2-4-5-3-1;/h2*1-4H;. The van der Waals surface area contributed by atoms with Crippen molar-refractivity contribution in [2.45, 2.75) is 0 Å². The van der Waals surface area contributed by atoms with Crippen molar-refractivity contribution in [3.63, 3.8) is 0 Å². The van der Waals surface area contributed by atoms with Gasteiger partial charge in [-0.2, -0.15) is 0 Å². The summed E-state index contributed by atoms with van der Waals surface area (Å²) in [5.74, 6) is 0. The minimum atomic E-state index is 0. The second-order valence-electron chi connectivity index (χ2n) is 1.59. The molecule has 3 heteroatoms. The molecule has 0 bridgehead atoms. The maximum Gasteiger partial charge on any atom is 0.0902 e. The van der Waals surface area contributed by atoms with Gasteiger partial charge in [-0.05, 0) is 24.3 Å². The molecule has 0 amide bonds. The van der Waals surface area contributed by atoms with E-state index in [0.717, 1.165) is 0 Å². The summed E-state index contributed by atoms with van der Waals surface area (Å²) >= 11 is 0. The smallest absolute Gasteiger partial charge is 0.0902 e. The number of rotatable bonds is 0. The summed E-state index contributed by atoms with van der Waals surface area (Å²) in [6.07, 6.45) is 6.50. The van der Waals surface area contributed by atoms with Crippen molar-refractivity contribution in [3.05, 3.63) is 49.3 Å². The van der Waals surface area contributed by atoms with Crippen molar-refractivity contribution in [2.75, 3.05) is 0 Å². The summed E-state index contributed by atoms with van der Waals surface area (Å²) in [4.78, 5) is 0. The zero-order chi connectivity index (χ0) is 7.07. The molecule has 0 aliphatic carbocycles. The molecule has 0 aliphatic rings.